The van der Waals surface area contributed by atoms with E-state index in [0.717, 1.165) is 37.6 Å². The van der Waals surface area contributed by atoms with Gasteiger partial charge in [-0.25, -0.2) is 0 Å². The molecule has 138 valence electrons. The number of ether oxygens (including phenoxy) is 2. The van der Waals surface area contributed by atoms with Crippen molar-refractivity contribution in [3.8, 4) is 11.5 Å². The second-order valence-electron chi connectivity index (χ2n) is 7.21. The average molecular weight is 352 g/mol. The third-order valence-electron chi connectivity index (χ3n) is 5.48. The summed E-state index contributed by atoms with van der Waals surface area (Å²) in [7, 11) is 1.74. The van der Waals surface area contributed by atoms with Crippen LogP contribution in [0, 0.1) is 0 Å². The van der Waals surface area contributed by atoms with Crippen LogP contribution in [-0.2, 0) is 13.0 Å². The number of benzene rings is 2. The Morgan fingerprint density at radius 3 is 2.88 bits per heavy atom. The van der Waals surface area contributed by atoms with Crippen LogP contribution in [0.1, 0.15) is 35.6 Å². The van der Waals surface area contributed by atoms with Gasteiger partial charge in [0.1, 0.15) is 11.5 Å². The van der Waals surface area contributed by atoms with Crippen molar-refractivity contribution in [2.24, 2.45) is 0 Å². The molecule has 1 N–H and O–H groups in total. The molecule has 0 amide bonds. The van der Waals surface area contributed by atoms with Gasteiger partial charge in [0.25, 0.3) is 0 Å². The number of fused-ring (bicyclic) bond motifs is 1. The molecule has 2 heterocycles. The number of hydrogen-bond donors (Lipinski definition) is 1. The van der Waals surface area contributed by atoms with Crippen molar-refractivity contribution in [2.75, 3.05) is 33.4 Å². The number of nitrogens with one attached hydrogen (secondary N) is 1. The minimum absolute atomic E-state index is 0.394. The molecule has 26 heavy (non-hydrogen) atoms. The summed E-state index contributed by atoms with van der Waals surface area (Å²) < 4.78 is 11.0. The van der Waals surface area contributed by atoms with Crippen molar-refractivity contribution in [1.82, 2.24) is 10.2 Å². The Labute approximate surface area is 156 Å². The molecule has 0 saturated carbocycles. The number of rotatable bonds is 7. The van der Waals surface area contributed by atoms with Crippen LogP contribution in [0.4, 0.5) is 0 Å². The highest BCUT2D eigenvalue weighted by Gasteiger charge is 2.23. The summed E-state index contributed by atoms with van der Waals surface area (Å²) in [5.41, 5.74) is 4.01. The molecule has 0 bridgehead atoms. The van der Waals surface area contributed by atoms with Gasteiger partial charge in [-0.15, -0.1) is 0 Å². The van der Waals surface area contributed by atoms with Crippen LogP contribution in [0.15, 0.2) is 42.5 Å². The summed E-state index contributed by atoms with van der Waals surface area (Å²) in [6.07, 6.45) is 3.62. The molecule has 4 heteroatoms. The number of nitrogens with zero attached hydrogens (tertiary/aromatic N) is 1. The Morgan fingerprint density at radius 2 is 2.04 bits per heavy atom. The van der Waals surface area contributed by atoms with E-state index in [1.165, 1.54) is 42.6 Å². The van der Waals surface area contributed by atoms with Crippen molar-refractivity contribution >= 4 is 0 Å². The first kappa shape index (κ1) is 17.4. The zero-order chi connectivity index (χ0) is 17.8. The van der Waals surface area contributed by atoms with E-state index in [2.05, 4.69) is 46.6 Å². The SMILES string of the molecule is COc1cccc(C(CNCc2ccc3c(c2)CCO3)N2CCCC2)c1. The minimum Gasteiger partial charge on any atom is -0.497 e. The van der Waals surface area contributed by atoms with E-state index in [1.807, 2.05) is 6.07 Å². The molecule has 2 aliphatic heterocycles. The zero-order valence-electron chi connectivity index (χ0n) is 15.5. The topological polar surface area (TPSA) is 33.7 Å². The van der Waals surface area contributed by atoms with Gasteiger partial charge in [0.15, 0.2) is 0 Å². The van der Waals surface area contributed by atoms with Gasteiger partial charge in [0, 0.05) is 25.6 Å². The Hall–Kier alpha value is -2.04. The van der Waals surface area contributed by atoms with Crippen LogP contribution in [0.5, 0.6) is 11.5 Å². The molecule has 0 aromatic heterocycles. The zero-order valence-corrected chi connectivity index (χ0v) is 15.5. The molecule has 4 rings (SSSR count). The largest absolute Gasteiger partial charge is 0.497 e. The van der Waals surface area contributed by atoms with E-state index in [9.17, 15) is 0 Å². The second kappa shape index (κ2) is 8.11. The molecular formula is C22H28N2O2. The smallest absolute Gasteiger partial charge is 0.122 e. The molecule has 1 saturated heterocycles. The van der Waals surface area contributed by atoms with Gasteiger partial charge in [-0.2, -0.15) is 0 Å². The van der Waals surface area contributed by atoms with Gasteiger partial charge < -0.3 is 14.8 Å². The maximum absolute atomic E-state index is 5.60. The standard InChI is InChI=1S/C22H28N2O2/c1-25-20-6-4-5-18(14-20)21(24-10-2-3-11-24)16-23-15-17-7-8-22-19(13-17)9-12-26-22/h4-8,13-14,21,23H,2-3,9-12,15-16H2,1H3. The van der Waals surface area contributed by atoms with Crippen LogP contribution in [0.25, 0.3) is 0 Å². The van der Waals surface area contributed by atoms with E-state index in [1.54, 1.807) is 7.11 Å². The van der Waals surface area contributed by atoms with E-state index < -0.39 is 0 Å². The second-order valence-corrected chi connectivity index (χ2v) is 7.21. The summed E-state index contributed by atoms with van der Waals surface area (Å²) in [5, 5.41) is 3.68. The lowest BCUT2D eigenvalue weighted by Crippen LogP contribution is -2.34. The lowest BCUT2D eigenvalue weighted by Gasteiger charge is -2.28. The van der Waals surface area contributed by atoms with E-state index in [4.69, 9.17) is 9.47 Å². The van der Waals surface area contributed by atoms with E-state index >= 15 is 0 Å². The van der Waals surface area contributed by atoms with Crippen molar-refractivity contribution in [3.63, 3.8) is 0 Å². The molecule has 2 aromatic carbocycles. The van der Waals surface area contributed by atoms with Gasteiger partial charge >= 0.3 is 0 Å². The van der Waals surface area contributed by atoms with E-state index in [0.29, 0.717) is 6.04 Å². The molecule has 0 aliphatic carbocycles. The first-order valence-corrected chi connectivity index (χ1v) is 9.67. The number of likely N-dealkylation sites (tertiary alicyclic amines) is 1. The van der Waals surface area contributed by atoms with Crippen molar-refractivity contribution < 1.29 is 9.47 Å². The van der Waals surface area contributed by atoms with Gasteiger partial charge in [-0.1, -0.05) is 24.3 Å². The highest BCUT2D eigenvalue weighted by molar-refractivity contribution is 5.39. The maximum Gasteiger partial charge on any atom is 0.122 e. The molecular weight excluding hydrogens is 324 g/mol. The van der Waals surface area contributed by atoms with Crippen LogP contribution < -0.4 is 14.8 Å². The Morgan fingerprint density at radius 1 is 1.15 bits per heavy atom. The Bertz CT molecular complexity index is 741. The first-order valence-electron chi connectivity index (χ1n) is 9.67. The molecule has 1 unspecified atom stereocenters. The quantitative estimate of drug-likeness (QED) is 0.826. The van der Waals surface area contributed by atoms with Gasteiger partial charge in [-0.05, 0) is 60.8 Å². The molecule has 0 radical (unpaired) electrons. The third kappa shape index (κ3) is 3.87. The monoisotopic (exact) mass is 352 g/mol. The first-order chi connectivity index (χ1) is 12.8. The summed E-state index contributed by atoms with van der Waals surface area (Å²) in [5.74, 6) is 1.99. The normalized spacial score (nSPS) is 17.7. The van der Waals surface area contributed by atoms with Crippen LogP contribution >= 0.6 is 0 Å². The summed E-state index contributed by atoms with van der Waals surface area (Å²) >= 11 is 0. The average Bonchev–Trinajstić information content (AvgIpc) is 3.36. The number of methoxy groups -OCH3 is 1. The molecule has 0 spiro atoms. The van der Waals surface area contributed by atoms with Crippen molar-refractivity contribution in [2.45, 2.75) is 31.8 Å². The predicted octanol–water partition coefficient (Wildman–Crippen LogP) is 3.56. The van der Waals surface area contributed by atoms with Crippen molar-refractivity contribution in [1.29, 1.82) is 0 Å². The van der Waals surface area contributed by atoms with Crippen LogP contribution in [0.3, 0.4) is 0 Å². The molecule has 2 aromatic rings. The van der Waals surface area contributed by atoms with Gasteiger partial charge in [0.2, 0.25) is 0 Å². The molecule has 1 fully saturated rings. The Balaban J connectivity index is 1.43. The van der Waals surface area contributed by atoms with Crippen LogP contribution in [0.2, 0.25) is 0 Å². The highest BCUT2D eigenvalue weighted by Crippen LogP contribution is 2.28. The van der Waals surface area contributed by atoms with Crippen molar-refractivity contribution in [3.05, 3.63) is 59.2 Å². The molecule has 1 atom stereocenters. The van der Waals surface area contributed by atoms with Crippen LogP contribution in [-0.4, -0.2) is 38.3 Å². The van der Waals surface area contributed by atoms with Gasteiger partial charge in [-0.3, -0.25) is 4.90 Å². The minimum atomic E-state index is 0.394. The predicted molar refractivity (Wildman–Crippen MR) is 104 cm³/mol. The highest BCUT2D eigenvalue weighted by atomic mass is 16.5. The Kier molecular flexibility index (Phi) is 5.42. The van der Waals surface area contributed by atoms with E-state index in [-0.39, 0.29) is 0 Å². The molecule has 4 nitrogen and oxygen atoms in total. The summed E-state index contributed by atoms with van der Waals surface area (Å²) in [6.45, 7) is 5.01. The van der Waals surface area contributed by atoms with Gasteiger partial charge in [0.05, 0.1) is 13.7 Å². The summed E-state index contributed by atoms with van der Waals surface area (Å²) in [6, 6.07) is 15.5. The summed E-state index contributed by atoms with van der Waals surface area (Å²) in [4.78, 5) is 2.60. The lowest BCUT2D eigenvalue weighted by molar-refractivity contribution is 0.238. The fraction of sp³-hybridized carbons (Fsp3) is 0.455. The maximum atomic E-state index is 5.60. The fourth-order valence-corrected chi connectivity index (χ4v) is 4.06. The number of hydrogen-bond acceptors (Lipinski definition) is 4. The lowest BCUT2D eigenvalue weighted by atomic mass is 10.0. The fourth-order valence-electron chi connectivity index (χ4n) is 4.06. The molecule has 2 aliphatic rings. The third-order valence-corrected chi connectivity index (χ3v) is 5.48.